The maximum atomic E-state index is 12.9. The molecule has 1 N–H and O–H groups in total. The Kier molecular flexibility index (Phi) is 5.25. The van der Waals surface area contributed by atoms with Gasteiger partial charge in [-0.05, 0) is 35.9 Å². The lowest BCUT2D eigenvalue weighted by Gasteiger charge is -2.26. The van der Waals surface area contributed by atoms with E-state index in [9.17, 15) is 14.4 Å². The van der Waals surface area contributed by atoms with E-state index in [1.807, 2.05) is 0 Å². The van der Waals surface area contributed by atoms with Gasteiger partial charge in [-0.2, -0.15) is 0 Å². The van der Waals surface area contributed by atoms with Crippen LogP contribution in [-0.4, -0.2) is 44.2 Å². The fraction of sp³-hybridized carbons (Fsp3) is 0.158. The number of imide groups is 2. The standard InChI is InChI=1S/C19H17N3O6/c1-26-14-9-11(10-15(27-2)16(14)28-3)8-13-17(23)21-19(25)22(18(13)24)12-4-6-20-7-5-12/h4-10H,1-3H3,(H,21,23,25)/b13-8+. The molecule has 2 aromatic rings. The normalized spacial score (nSPS) is 15.5. The van der Waals surface area contributed by atoms with Gasteiger partial charge < -0.3 is 14.2 Å². The quantitative estimate of drug-likeness (QED) is 0.619. The monoisotopic (exact) mass is 383 g/mol. The molecule has 4 amide bonds. The Labute approximate surface area is 160 Å². The minimum Gasteiger partial charge on any atom is -0.493 e. The number of aromatic nitrogens is 1. The van der Waals surface area contributed by atoms with Crippen LogP contribution in [0, 0.1) is 0 Å². The highest BCUT2D eigenvalue weighted by Gasteiger charge is 2.36. The molecule has 1 saturated heterocycles. The minimum absolute atomic E-state index is 0.217. The number of urea groups is 1. The molecule has 3 rings (SSSR count). The average Bonchev–Trinajstić information content (AvgIpc) is 2.70. The van der Waals surface area contributed by atoms with Crippen LogP contribution in [0.1, 0.15) is 5.56 Å². The number of carbonyl (C=O) groups is 3. The van der Waals surface area contributed by atoms with Crippen molar-refractivity contribution in [3.05, 3.63) is 47.8 Å². The van der Waals surface area contributed by atoms with Crippen molar-refractivity contribution in [2.45, 2.75) is 0 Å². The molecule has 0 atom stereocenters. The number of hydrogen-bond acceptors (Lipinski definition) is 7. The van der Waals surface area contributed by atoms with Gasteiger partial charge in [0, 0.05) is 12.4 Å². The molecule has 0 saturated carbocycles. The van der Waals surface area contributed by atoms with Crippen LogP contribution in [-0.2, 0) is 9.59 Å². The van der Waals surface area contributed by atoms with E-state index >= 15 is 0 Å². The van der Waals surface area contributed by atoms with E-state index in [0.717, 1.165) is 4.90 Å². The zero-order valence-corrected chi connectivity index (χ0v) is 15.4. The topological polar surface area (TPSA) is 107 Å². The summed E-state index contributed by atoms with van der Waals surface area (Å²) in [6, 6.07) is 5.32. The van der Waals surface area contributed by atoms with Gasteiger partial charge in [-0.1, -0.05) is 0 Å². The Morgan fingerprint density at radius 1 is 0.964 bits per heavy atom. The number of hydrogen-bond donors (Lipinski definition) is 1. The molecule has 144 valence electrons. The molecule has 9 heteroatoms. The van der Waals surface area contributed by atoms with Crippen molar-refractivity contribution in [2.24, 2.45) is 0 Å². The first-order valence-electron chi connectivity index (χ1n) is 8.11. The molecule has 2 heterocycles. The van der Waals surface area contributed by atoms with Gasteiger partial charge in [0.15, 0.2) is 11.5 Å². The smallest absolute Gasteiger partial charge is 0.335 e. The number of ether oxygens (including phenoxy) is 3. The van der Waals surface area contributed by atoms with Crippen LogP contribution in [0.3, 0.4) is 0 Å². The molecule has 0 radical (unpaired) electrons. The molecule has 28 heavy (non-hydrogen) atoms. The van der Waals surface area contributed by atoms with Crippen LogP contribution < -0.4 is 24.4 Å². The van der Waals surface area contributed by atoms with Crippen molar-refractivity contribution >= 4 is 29.6 Å². The lowest BCUT2D eigenvalue weighted by atomic mass is 10.1. The van der Waals surface area contributed by atoms with E-state index in [1.54, 1.807) is 12.1 Å². The van der Waals surface area contributed by atoms with Crippen molar-refractivity contribution in [3.8, 4) is 17.2 Å². The third-order valence-corrected chi connectivity index (χ3v) is 4.02. The molecule has 0 unspecified atom stereocenters. The second-order valence-electron chi connectivity index (χ2n) is 5.62. The predicted octanol–water partition coefficient (Wildman–Crippen LogP) is 1.77. The minimum atomic E-state index is -0.830. The highest BCUT2D eigenvalue weighted by atomic mass is 16.5. The van der Waals surface area contributed by atoms with E-state index in [2.05, 4.69) is 10.3 Å². The van der Waals surface area contributed by atoms with Gasteiger partial charge in [0.25, 0.3) is 11.8 Å². The average molecular weight is 383 g/mol. The molecule has 1 fully saturated rings. The fourth-order valence-electron chi connectivity index (χ4n) is 2.74. The third-order valence-electron chi connectivity index (χ3n) is 4.02. The Bertz CT molecular complexity index is 946. The number of benzene rings is 1. The largest absolute Gasteiger partial charge is 0.493 e. The Morgan fingerprint density at radius 2 is 1.57 bits per heavy atom. The second-order valence-corrected chi connectivity index (χ2v) is 5.62. The lowest BCUT2D eigenvalue weighted by molar-refractivity contribution is -0.122. The number of amides is 4. The highest BCUT2D eigenvalue weighted by Crippen LogP contribution is 2.39. The van der Waals surface area contributed by atoms with E-state index in [1.165, 1.54) is 51.9 Å². The zero-order chi connectivity index (χ0) is 20.3. The summed E-state index contributed by atoms with van der Waals surface area (Å²) in [5, 5.41) is 2.16. The molecular formula is C19H17N3O6. The number of carbonyl (C=O) groups excluding carboxylic acids is 3. The summed E-state index contributed by atoms with van der Waals surface area (Å²) >= 11 is 0. The van der Waals surface area contributed by atoms with Crippen molar-refractivity contribution in [1.82, 2.24) is 10.3 Å². The van der Waals surface area contributed by atoms with Crippen LogP contribution in [0.2, 0.25) is 0 Å². The molecule has 9 nitrogen and oxygen atoms in total. The molecule has 1 aliphatic rings. The molecule has 0 spiro atoms. The van der Waals surface area contributed by atoms with Gasteiger partial charge in [0.2, 0.25) is 5.75 Å². The molecule has 1 aromatic carbocycles. The number of nitrogens with zero attached hydrogens (tertiary/aromatic N) is 2. The van der Waals surface area contributed by atoms with Crippen LogP contribution >= 0.6 is 0 Å². The molecule has 1 aliphatic heterocycles. The molecule has 1 aromatic heterocycles. The van der Waals surface area contributed by atoms with Gasteiger partial charge in [-0.25, -0.2) is 9.69 Å². The number of barbiturate groups is 1. The van der Waals surface area contributed by atoms with E-state index in [4.69, 9.17) is 14.2 Å². The van der Waals surface area contributed by atoms with Gasteiger partial charge >= 0.3 is 6.03 Å². The third kappa shape index (κ3) is 3.37. The summed E-state index contributed by atoms with van der Waals surface area (Å²) in [6.45, 7) is 0. The number of pyridine rings is 1. The number of methoxy groups -OCH3 is 3. The Morgan fingerprint density at radius 3 is 2.11 bits per heavy atom. The summed E-state index contributed by atoms with van der Waals surface area (Å²) in [7, 11) is 4.38. The Hall–Kier alpha value is -3.88. The lowest BCUT2D eigenvalue weighted by Crippen LogP contribution is -2.54. The summed E-state index contributed by atoms with van der Waals surface area (Å²) < 4.78 is 15.8. The first kappa shape index (κ1) is 18.9. The van der Waals surface area contributed by atoms with E-state index in [-0.39, 0.29) is 5.57 Å². The SMILES string of the molecule is COc1cc(/C=C2\C(=O)NC(=O)N(c3ccncc3)C2=O)cc(OC)c1OC. The molecular weight excluding hydrogens is 366 g/mol. The van der Waals surface area contributed by atoms with Gasteiger partial charge in [0.05, 0.1) is 27.0 Å². The summed E-state index contributed by atoms with van der Waals surface area (Å²) in [6.07, 6.45) is 4.23. The van der Waals surface area contributed by atoms with Crippen molar-refractivity contribution in [1.29, 1.82) is 0 Å². The highest BCUT2D eigenvalue weighted by molar-refractivity contribution is 6.39. The zero-order valence-electron chi connectivity index (χ0n) is 15.4. The molecule has 0 aliphatic carbocycles. The van der Waals surface area contributed by atoms with Gasteiger partial charge in [-0.3, -0.25) is 19.9 Å². The summed E-state index contributed by atoms with van der Waals surface area (Å²) in [4.78, 5) is 42.0. The first-order chi connectivity index (χ1) is 13.5. The Balaban J connectivity index is 2.06. The van der Waals surface area contributed by atoms with Gasteiger partial charge in [-0.15, -0.1) is 0 Å². The van der Waals surface area contributed by atoms with Crippen LogP contribution in [0.25, 0.3) is 6.08 Å². The second kappa shape index (κ2) is 7.78. The maximum absolute atomic E-state index is 12.9. The number of nitrogens with one attached hydrogen (secondary N) is 1. The van der Waals surface area contributed by atoms with Gasteiger partial charge in [0.1, 0.15) is 5.57 Å². The number of rotatable bonds is 5. The van der Waals surface area contributed by atoms with Crippen LogP contribution in [0.4, 0.5) is 10.5 Å². The summed E-state index contributed by atoms with van der Waals surface area (Å²) in [5.41, 5.74) is 0.531. The van der Waals surface area contributed by atoms with Crippen molar-refractivity contribution in [3.63, 3.8) is 0 Å². The molecule has 0 bridgehead atoms. The van der Waals surface area contributed by atoms with Crippen molar-refractivity contribution < 1.29 is 28.6 Å². The van der Waals surface area contributed by atoms with Crippen molar-refractivity contribution in [2.75, 3.05) is 26.2 Å². The van der Waals surface area contributed by atoms with E-state index in [0.29, 0.717) is 28.5 Å². The number of anilines is 1. The summed E-state index contributed by atoms with van der Waals surface area (Å²) in [5.74, 6) is -0.457. The predicted molar refractivity (Wildman–Crippen MR) is 99.3 cm³/mol. The van der Waals surface area contributed by atoms with Crippen LogP contribution in [0.15, 0.2) is 42.2 Å². The maximum Gasteiger partial charge on any atom is 0.335 e. The fourth-order valence-corrected chi connectivity index (χ4v) is 2.74. The first-order valence-corrected chi connectivity index (χ1v) is 8.11. The van der Waals surface area contributed by atoms with E-state index < -0.39 is 17.8 Å². The van der Waals surface area contributed by atoms with Crippen LogP contribution in [0.5, 0.6) is 17.2 Å².